The van der Waals surface area contributed by atoms with E-state index in [1.807, 2.05) is 42.5 Å². The molecule has 0 saturated carbocycles. The van der Waals surface area contributed by atoms with E-state index in [0.717, 1.165) is 29.0 Å². The summed E-state index contributed by atoms with van der Waals surface area (Å²) < 4.78 is 15.5. The zero-order valence-electron chi connectivity index (χ0n) is 15.6. The van der Waals surface area contributed by atoms with Gasteiger partial charge in [-0.2, -0.15) is 0 Å². The number of allylic oxidation sites excluding steroid dienone is 1. The molecule has 0 N–H and O–H groups in total. The lowest BCUT2D eigenvalue weighted by Crippen LogP contribution is -2.26. The molecule has 4 rings (SSSR count). The smallest absolute Gasteiger partial charge is 0.346 e. The van der Waals surface area contributed by atoms with Crippen LogP contribution in [0.5, 0.6) is 0 Å². The summed E-state index contributed by atoms with van der Waals surface area (Å²) in [6.07, 6.45) is 3.98. The molecule has 1 atom stereocenters. The standard InChI is InChI=1S/C22H19NO5/c1-13(21(24)26-2)28-22(25)19-16-7-3-4-8-18(16)23-20-14(9-10-17(19)20)12-15-6-5-11-27-15/h3-8,11-13H,9-10H2,1-2H3/b14-12+. The maximum absolute atomic E-state index is 13.0. The van der Waals surface area contributed by atoms with Crippen molar-refractivity contribution in [1.82, 2.24) is 4.98 Å². The Bertz CT molecular complexity index is 1080. The number of benzene rings is 1. The Hall–Kier alpha value is -3.41. The number of methoxy groups -OCH3 is 1. The first-order valence-electron chi connectivity index (χ1n) is 9.03. The highest BCUT2D eigenvalue weighted by Crippen LogP contribution is 2.37. The van der Waals surface area contributed by atoms with E-state index in [2.05, 4.69) is 4.74 Å². The molecule has 1 aliphatic carbocycles. The maximum atomic E-state index is 13.0. The summed E-state index contributed by atoms with van der Waals surface area (Å²) >= 11 is 0. The Morgan fingerprint density at radius 2 is 2.00 bits per heavy atom. The molecule has 3 aromatic rings. The fraction of sp³-hybridized carbons (Fsp3) is 0.227. The van der Waals surface area contributed by atoms with E-state index in [4.69, 9.17) is 14.1 Å². The molecule has 0 bridgehead atoms. The van der Waals surface area contributed by atoms with Crippen molar-refractivity contribution >= 4 is 34.5 Å². The number of fused-ring (bicyclic) bond motifs is 2. The van der Waals surface area contributed by atoms with E-state index in [-0.39, 0.29) is 0 Å². The molecule has 0 spiro atoms. The van der Waals surface area contributed by atoms with Crippen molar-refractivity contribution in [3.63, 3.8) is 0 Å². The van der Waals surface area contributed by atoms with Gasteiger partial charge in [-0.1, -0.05) is 18.2 Å². The largest absolute Gasteiger partial charge is 0.466 e. The second-order valence-corrected chi connectivity index (χ2v) is 6.59. The van der Waals surface area contributed by atoms with Crippen LogP contribution < -0.4 is 0 Å². The number of hydrogen-bond donors (Lipinski definition) is 0. The van der Waals surface area contributed by atoms with Gasteiger partial charge in [0.1, 0.15) is 5.76 Å². The third-order valence-corrected chi connectivity index (χ3v) is 4.82. The predicted octanol–water partition coefficient (Wildman–Crippen LogP) is 4.03. The van der Waals surface area contributed by atoms with E-state index in [0.29, 0.717) is 22.9 Å². The molecule has 1 unspecified atom stereocenters. The van der Waals surface area contributed by atoms with E-state index in [1.54, 1.807) is 6.26 Å². The van der Waals surface area contributed by atoms with E-state index >= 15 is 0 Å². The van der Waals surface area contributed by atoms with Crippen molar-refractivity contribution in [3.8, 4) is 0 Å². The van der Waals surface area contributed by atoms with Crippen LogP contribution in [0.3, 0.4) is 0 Å². The molecular formula is C22H19NO5. The van der Waals surface area contributed by atoms with Gasteiger partial charge in [-0.05, 0) is 55.2 Å². The van der Waals surface area contributed by atoms with Crippen molar-refractivity contribution < 1.29 is 23.5 Å². The number of pyridine rings is 1. The van der Waals surface area contributed by atoms with Crippen LogP contribution in [0, 0.1) is 0 Å². The number of rotatable bonds is 4. The van der Waals surface area contributed by atoms with Gasteiger partial charge in [0.2, 0.25) is 0 Å². The molecule has 0 radical (unpaired) electrons. The Morgan fingerprint density at radius 3 is 2.75 bits per heavy atom. The molecule has 0 fully saturated rings. The highest BCUT2D eigenvalue weighted by Gasteiger charge is 2.29. The Morgan fingerprint density at radius 1 is 1.18 bits per heavy atom. The summed E-state index contributed by atoms with van der Waals surface area (Å²) in [5.74, 6) is -0.407. The quantitative estimate of drug-likeness (QED) is 0.639. The molecule has 6 heteroatoms. The minimum Gasteiger partial charge on any atom is -0.466 e. The van der Waals surface area contributed by atoms with Gasteiger partial charge < -0.3 is 13.9 Å². The number of hydrogen-bond acceptors (Lipinski definition) is 6. The van der Waals surface area contributed by atoms with E-state index < -0.39 is 18.0 Å². The van der Waals surface area contributed by atoms with Crippen LogP contribution in [0.1, 0.15) is 40.7 Å². The molecule has 28 heavy (non-hydrogen) atoms. The summed E-state index contributed by atoms with van der Waals surface area (Å²) in [4.78, 5) is 29.4. The lowest BCUT2D eigenvalue weighted by atomic mass is 10.0. The Kier molecular flexibility index (Phi) is 4.69. The van der Waals surface area contributed by atoms with Crippen LogP contribution in [-0.2, 0) is 20.7 Å². The lowest BCUT2D eigenvalue weighted by Gasteiger charge is -2.15. The third-order valence-electron chi connectivity index (χ3n) is 4.82. The molecule has 0 aliphatic heterocycles. The summed E-state index contributed by atoms with van der Waals surface area (Å²) in [7, 11) is 1.26. The molecule has 1 aliphatic rings. The van der Waals surface area contributed by atoms with Crippen molar-refractivity contribution in [2.45, 2.75) is 25.9 Å². The number of aromatic nitrogens is 1. The van der Waals surface area contributed by atoms with Gasteiger partial charge in [-0.15, -0.1) is 0 Å². The number of esters is 2. The van der Waals surface area contributed by atoms with Crippen molar-refractivity contribution in [1.29, 1.82) is 0 Å². The van der Waals surface area contributed by atoms with Gasteiger partial charge in [-0.25, -0.2) is 14.6 Å². The first kappa shape index (κ1) is 18.0. The van der Waals surface area contributed by atoms with Crippen LogP contribution in [0.4, 0.5) is 0 Å². The number of ether oxygens (including phenoxy) is 2. The van der Waals surface area contributed by atoms with Gasteiger partial charge in [0, 0.05) is 5.39 Å². The monoisotopic (exact) mass is 377 g/mol. The number of para-hydroxylation sites is 1. The van der Waals surface area contributed by atoms with Crippen LogP contribution in [0.2, 0.25) is 0 Å². The Labute approximate surface area is 161 Å². The first-order valence-corrected chi connectivity index (χ1v) is 9.03. The summed E-state index contributed by atoms with van der Waals surface area (Å²) in [6.45, 7) is 1.50. The topological polar surface area (TPSA) is 78.6 Å². The minimum atomic E-state index is -0.986. The molecule has 1 aromatic carbocycles. The zero-order valence-corrected chi connectivity index (χ0v) is 15.6. The van der Waals surface area contributed by atoms with Gasteiger partial charge in [-0.3, -0.25) is 0 Å². The molecule has 2 heterocycles. The average Bonchev–Trinajstić information content (AvgIpc) is 3.36. The van der Waals surface area contributed by atoms with Crippen LogP contribution in [-0.4, -0.2) is 30.1 Å². The fourth-order valence-corrected chi connectivity index (χ4v) is 3.49. The average molecular weight is 377 g/mol. The molecule has 2 aromatic heterocycles. The van der Waals surface area contributed by atoms with Crippen LogP contribution in [0.25, 0.3) is 22.6 Å². The molecule has 0 amide bonds. The van der Waals surface area contributed by atoms with Crippen LogP contribution in [0.15, 0.2) is 47.1 Å². The predicted molar refractivity (Wildman–Crippen MR) is 104 cm³/mol. The van der Waals surface area contributed by atoms with Crippen LogP contribution >= 0.6 is 0 Å². The first-order chi connectivity index (χ1) is 13.6. The number of nitrogens with zero attached hydrogens (tertiary/aromatic N) is 1. The molecular weight excluding hydrogens is 358 g/mol. The number of carbonyl (C=O) groups excluding carboxylic acids is 2. The number of furan rings is 1. The highest BCUT2D eigenvalue weighted by molar-refractivity contribution is 6.07. The minimum absolute atomic E-state index is 0.458. The lowest BCUT2D eigenvalue weighted by molar-refractivity contribution is -0.149. The SMILES string of the molecule is COC(=O)C(C)OC(=O)c1c2c(nc3ccccc13)/C(=C/c1ccco1)CC2. The van der Waals surface area contributed by atoms with E-state index in [1.165, 1.54) is 14.0 Å². The molecule has 0 saturated heterocycles. The summed E-state index contributed by atoms with van der Waals surface area (Å²) in [5.41, 5.74) is 3.77. The molecule has 6 nitrogen and oxygen atoms in total. The van der Waals surface area contributed by atoms with Gasteiger partial charge in [0.15, 0.2) is 6.10 Å². The molecule has 142 valence electrons. The second-order valence-electron chi connectivity index (χ2n) is 6.59. The van der Waals surface area contributed by atoms with Crippen molar-refractivity contribution in [2.75, 3.05) is 7.11 Å². The van der Waals surface area contributed by atoms with Crippen molar-refractivity contribution in [3.05, 3.63) is 65.2 Å². The number of carbonyl (C=O) groups is 2. The van der Waals surface area contributed by atoms with Gasteiger partial charge in [0.25, 0.3) is 0 Å². The normalized spacial score (nSPS) is 15.4. The fourth-order valence-electron chi connectivity index (χ4n) is 3.49. The third kappa shape index (κ3) is 3.17. The maximum Gasteiger partial charge on any atom is 0.346 e. The van der Waals surface area contributed by atoms with Crippen molar-refractivity contribution in [2.24, 2.45) is 0 Å². The summed E-state index contributed by atoms with van der Waals surface area (Å²) in [6, 6.07) is 11.1. The van der Waals surface area contributed by atoms with Gasteiger partial charge >= 0.3 is 11.9 Å². The zero-order chi connectivity index (χ0) is 19.7. The summed E-state index contributed by atoms with van der Waals surface area (Å²) in [5, 5.41) is 0.711. The second kappa shape index (κ2) is 7.31. The Balaban J connectivity index is 1.82. The highest BCUT2D eigenvalue weighted by atomic mass is 16.6. The van der Waals surface area contributed by atoms with E-state index in [9.17, 15) is 9.59 Å². The van der Waals surface area contributed by atoms with Gasteiger partial charge in [0.05, 0.1) is 30.1 Å².